The Bertz CT molecular complexity index is 383. The van der Waals surface area contributed by atoms with E-state index in [1.807, 2.05) is 6.92 Å². The third-order valence-electron chi connectivity index (χ3n) is 5.04. The van der Waals surface area contributed by atoms with E-state index in [4.69, 9.17) is 5.11 Å². The highest BCUT2D eigenvalue weighted by Crippen LogP contribution is 2.35. The maximum Gasteiger partial charge on any atom is 0.305 e. The third kappa shape index (κ3) is 2.97. The number of rotatable bonds is 5. The number of likely N-dealkylation sites (tertiary alicyclic amines) is 1. The fourth-order valence-electron chi connectivity index (χ4n) is 3.72. The third-order valence-corrected chi connectivity index (χ3v) is 5.04. The van der Waals surface area contributed by atoms with E-state index in [0.717, 1.165) is 32.1 Å². The number of carbonyl (C=O) groups excluding carboxylic acids is 1. The average molecular weight is 282 g/mol. The molecule has 3 unspecified atom stereocenters. The molecule has 1 amide bonds. The van der Waals surface area contributed by atoms with Gasteiger partial charge in [-0.1, -0.05) is 0 Å². The van der Waals surface area contributed by atoms with Gasteiger partial charge in [-0.2, -0.15) is 0 Å². The first-order chi connectivity index (χ1) is 9.34. The van der Waals surface area contributed by atoms with Crippen LogP contribution >= 0.6 is 0 Å². The molecule has 1 aliphatic heterocycles. The molecule has 2 N–H and O–H groups in total. The average Bonchev–Trinajstić information content (AvgIpc) is 2.64. The molecule has 0 radical (unpaired) electrons. The molecule has 114 valence electrons. The van der Waals surface area contributed by atoms with Gasteiger partial charge in [0.15, 0.2) is 0 Å². The molecule has 0 spiro atoms. The van der Waals surface area contributed by atoms with Crippen LogP contribution in [-0.2, 0) is 9.59 Å². The van der Waals surface area contributed by atoms with Crippen molar-refractivity contribution in [1.82, 2.24) is 10.2 Å². The first kappa shape index (κ1) is 15.3. The van der Waals surface area contributed by atoms with E-state index in [0.29, 0.717) is 12.1 Å². The van der Waals surface area contributed by atoms with Crippen LogP contribution in [-0.4, -0.2) is 45.5 Å². The summed E-state index contributed by atoms with van der Waals surface area (Å²) in [6.45, 7) is 6.24. The van der Waals surface area contributed by atoms with Crippen LogP contribution in [0.2, 0.25) is 0 Å². The van der Waals surface area contributed by atoms with Crippen LogP contribution in [0.1, 0.15) is 59.3 Å². The van der Waals surface area contributed by atoms with Gasteiger partial charge >= 0.3 is 5.97 Å². The molecule has 1 aliphatic carbocycles. The van der Waals surface area contributed by atoms with Crippen molar-refractivity contribution in [3.8, 4) is 0 Å². The molecule has 2 rings (SSSR count). The van der Waals surface area contributed by atoms with E-state index in [9.17, 15) is 9.59 Å². The number of carboxylic acid groups (broad SMARTS) is 1. The van der Waals surface area contributed by atoms with Crippen LogP contribution in [0.25, 0.3) is 0 Å². The van der Waals surface area contributed by atoms with Crippen molar-refractivity contribution in [3.05, 3.63) is 0 Å². The molecule has 20 heavy (non-hydrogen) atoms. The normalized spacial score (nSPS) is 30.6. The topological polar surface area (TPSA) is 69.6 Å². The van der Waals surface area contributed by atoms with E-state index >= 15 is 0 Å². The van der Waals surface area contributed by atoms with Crippen LogP contribution < -0.4 is 5.32 Å². The van der Waals surface area contributed by atoms with Gasteiger partial charge in [-0.3, -0.25) is 14.5 Å². The van der Waals surface area contributed by atoms with Gasteiger partial charge in [0.1, 0.15) is 0 Å². The lowest BCUT2D eigenvalue weighted by molar-refractivity contribution is -0.141. The summed E-state index contributed by atoms with van der Waals surface area (Å²) in [4.78, 5) is 25.7. The maximum absolute atomic E-state index is 12.5. The lowest BCUT2D eigenvalue weighted by Gasteiger charge is -2.43. The standard InChI is InChI=1S/C15H26N2O3/c1-10-5-6-11(2)17(10)12(3)14(20)16-15(7-4-8-15)9-13(18)19/h10-12H,4-9H2,1-3H3,(H,16,20)(H,18,19). The molecule has 2 aliphatic rings. The first-order valence-corrected chi connectivity index (χ1v) is 7.66. The zero-order chi connectivity index (χ0) is 14.9. The van der Waals surface area contributed by atoms with Crippen LogP contribution in [0.4, 0.5) is 0 Å². The number of aliphatic carboxylic acids is 1. The summed E-state index contributed by atoms with van der Waals surface area (Å²) >= 11 is 0. The fourth-order valence-corrected chi connectivity index (χ4v) is 3.72. The molecule has 0 aromatic carbocycles. The second-order valence-corrected chi connectivity index (χ2v) is 6.59. The van der Waals surface area contributed by atoms with Crippen molar-refractivity contribution < 1.29 is 14.7 Å². The van der Waals surface area contributed by atoms with Gasteiger partial charge in [0.2, 0.25) is 5.91 Å². The Morgan fingerprint density at radius 1 is 1.30 bits per heavy atom. The van der Waals surface area contributed by atoms with E-state index in [2.05, 4.69) is 24.1 Å². The number of nitrogens with zero attached hydrogens (tertiary/aromatic N) is 1. The number of hydrogen-bond donors (Lipinski definition) is 2. The molecular formula is C15H26N2O3. The van der Waals surface area contributed by atoms with Crippen molar-refractivity contribution in [3.63, 3.8) is 0 Å². The van der Waals surface area contributed by atoms with Gasteiger partial charge in [0, 0.05) is 12.1 Å². The molecular weight excluding hydrogens is 256 g/mol. The van der Waals surface area contributed by atoms with Crippen LogP contribution in [0, 0.1) is 0 Å². The minimum absolute atomic E-state index is 0.0217. The highest BCUT2D eigenvalue weighted by molar-refractivity contribution is 5.83. The monoisotopic (exact) mass is 282 g/mol. The van der Waals surface area contributed by atoms with E-state index in [1.165, 1.54) is 0 Å². The number of carbonyl (C=O) groups is 2. The summed E-state index contributed by atoms with van der Waals surface area (Å²) in [5, 5.41) is 12.0. The summed E-state index contributed by atoms with van der Waals surface area (Å²) in [5.41, 5.74) is -0.497. The Hall–Kier alpha value is -1.10. The Morgan fingerprint density at radius 3 is 2.25 bits per heavy atom. The molecule has 3 atom stereocenters. The number of nitrogens with one attached hydrogen (secondary N) is 1. The van der Waals surface area contributed by atoms with E-state index < -0.39 is 11.5 Å². The van der Waals surface area contributed by atoms with Crippen LogP contribution in [0.15, 0.2) is 0 Å². The number of hydrogen-bond acceptors (Lipinski definition) is 3. The van der Waals surface area contributed by atoms with Crippen molar-refractivity contribution in [2.24, 2.45) is 0 Å². The predicted molar refractivity (Wildman–Crippen MR) is 76.4 cm³/mol. The quantitative estimate of drug-likeness (QED) is 0.806. The zero-order valence-electron chi connectivity index (χ0n) is 12.7. The first-order valence-electron chi connectivity index (χ1n) is 7.66. The molecule has 5 heteroatoms. The van der Waals surface area contributed by atoms with Gasteiger partial charge in [0.05, 0.1) is 18.0 Å². The summed E-state index contributed by atoms with van der Waals surface area (Å²) in [7, 11) is 0. The van der Waals surface area contributed by atoms with Gasteiger partial charge in [-0.15, -0.1) is 0 Å². The molecule has 0 aromatic heterocycles. The molecule has 1 saturated heterocycles. The fraction of sp³-hybridized carbons (Fsp3) is 0.867. The van der Waals surface area contributed by atoms with Gasteiger partial charge in [-0.25, -0.2) is 0 Å². The van der Waals surface area contributed by atoms with E-state index in [1.54, 1.807) is 0 Å². The summed E-state index contributed by atoms with van der Waals surface area (Å²) < 4.78 is 0. The number of amides is 1. The van der Waals surface area contributed by atoms with Crippen molar-refractivity contribution >= 4 is 11.9 Å². The van der Waals surface area contributed by atoms with Gasteiger partial charge < -0.3 is 10.4 Å². The molecule has 1 saturated carbocycles. The van der Waals surface area contributed by atoms with Gasteiger partial charge in [0.25, 0.3) is 0 Å². The van der Waals surface area contributed by atoms with Crippen LogP contribution in [0.5, 0.6) is 0 Å². The van der Waals surface area contributed by atoms with Crippen LogP contribution in [0.3, 0.4) is 0 Å². The Labute approximate surface area is 120 Å². The Balaban J connectivity index is 1.98. The van der Waals surface area contributed by atoms with Crippen molar-refractivity contribution in [2.75, 3.05) is 0 Å². The maximum atomic E-state index is 12.5. The molecule has 0 aromatic rings. The Morgan fingerprint density at radius 2 is 1.85 bits per heavy atom. The van der Waals surface area contributed by atoms with Crippen molar-refractivity contribution in [2.45, 2.75) is 83.0 Å². The zero-order valence-corrected chi connectivity index (χ0v) is 12.7. The SMILES string of the molecule is CC1CCC(C)N1C(C)C(=O)NC1(CC(=O)O)CCC1. The summed E-state index contributed by atoms with van der Waals surface area (Å²) in [6.07, 6.45) is 4.85. The second-order valence-electron chi connectivity index (χ2n) is 6.59. The summed E-state index contributed by atoms with van der Waals surface area (Å²) in [5.74, 6) is -0.855. The molecule has 5 nitrogen and oxygen atoms in total. The van der Waals surface area contributed by atoms with E-state index in [-0.39, 0.29) is 18.4 Å². The highest BCUT2D eigenvalue weighted by Gasteiger charge is 2.42. The predicted octanol–water partition coefficient (Wildman–Crippen LogP) is 1.76. The molecule has 2 fully saturated rings. The highest BCUT2D eigenvalue weighted by atomic mass is 16.4. The lowest BCUT2D eigenvalue weighted by atomic mass is 9.74. The Kier molecular flexibility index (Phi) is 4.37. The minimum Gasteiger partial charge on any atom is -0.481 e. The van der Waals surface area contributed by atoms with Gasteiger partial charge in [-0.05, 0) is 52.9 Å². The minimum atomic E-state index is -0.833. The number of carboxylic acids is 1. The molecule has 0 bridgehead atoms. The second kappa shape index (κ2) is 5.72. The lowest BCUT2D eigenvalue weighted by Crippen LogP contribution is -2.59. The van der Waals surface area contributed by atoms with Crippen molar-refractivity contribution in [1.29, 1.82) is 0 Å². The summed E-state index contributed by atoms with van der Waals surface area (Å²) in [6, 6.07) is 0.652. The smallest absolute Gasteiger partial charge is 0.305 e. The molecule has 1 heterocycles. The largest absolute Gasteiger partial charge is 0.481 e.